The molecule has 0 aliphatic carbocycles. The molecule has 0 amide bonds. The third-order valence-corrected chi connectivity index (χ3v) is 4.71. The van der Waals surface area contributed by atoms with Crippen molar-refractivity contribution < 1.29 is 4.74 Å². The van der Waals surface area contributed by atoms with Gasteiger partial charge in [0.2, 0.25) is 0 Å². The summed E-state index contributed by atoms with van der Waals surface area (Å²) in [7, 11) is 1.66. The van der Waals surface area contributed by atoms with Gasteiger partial charge in [-0.1, -0.05) is 54.1 Å². The van der Waals surface area contributed by atoms with Crippen LogP contribution >= 0.6 is 12.2 Å². The molecule has 3 aromatic rings. The van der Waals surface area contributed by atoms with E-state index in [1.54, 1.807) is 7.11 Å². The van der Waals surface area contributed by atoms with Gasteiger partial charge in [-0.25, -0.2) is 0 Å². The quantitative estimate of drug-likeness (QED) is 0.585. The Balaban J connectivity index is 1.83. The second-order valence-corrected chi connectivity index (χ2v) is 6.94. The Bertz CT molecular complexity index is 907. The number of nitrogens with one attached hydrogen (secondary N) is 2. The van der Waals surface area contributed by atoms with Crippen molar-refractivity contribution in [3.63, 3.8) is 0 Å². The van der Waals surface area contributed by atoms with Crippen molar-refractivity contribution in [1.82, 2.24) is 5.32 Å². The lowest BCUT2D eigenvalue weighted by Gasteiger charge is -2.24. The van der Waals surface area contributed by atoms with Gasteiger partial charge in [0.15, 0.2) is 5.11 Å². The number of thiocarbonyl (C=S) groups is 1. The Labute approximate surface area is 166 Å². The van der Waals surface area contributed by atoms with Gasteiger partial charge in [0, 0.05) is 5.69 Å². The Morgan fingerprint density at radius 2 is 1.63 bits per heavy atom. The average Bonchev–Trinajstić information content (AvgIpc) is 2.68. The minimum absolute atomic E-state index is 0.0231. The second kappa shape index (κ2) is 8.69. The summed E-state index contributed by atoms with van der Waals surface area (Å²) in [5.41, 5.74) is 5.79. The van der Waals surface area contributed by atoms with Gasteiger partial charge < -0.3 is 15.4 Å². The molecule has 1 atom stereocenters. The molecule has 27 heavy (non-hydrogen) atoms. The monoisotopic (exact) mass is 376 g/mol. The van der Waals surface area contributed by atoms with Crippen LogP contribution in [0.1, 0.15) is 28.3 Å². The highest BCUT2D eigenvalue weighted by molar-refractivity contribution is 7.80. The van der Waals surface area contributed by atoms with Crippen LogP contribution in [0, 0.1) is 13.8 Å². The summed E-state index contributed by atoms with van der Waals surface area (Å²) in [6.07, 6.45) is 0. The predicted molar refractivity (Wildman–Crippen MR) is 117 cm³/mol. The maximum Gasteiger partial charge on any atom is 0.171 e. The lowest BCUT2D eigenvalue weighted by atomic mass is 9.94. The van der Waals surface area contributed by atoms with E-state index in [9.17, 15) is 0 Å². The van der Waals surface area contributed by atoms with E-state index in [0.29, 0.717) is 5.11 Å². The summed E-state index contributed by atoms with van der Waals surface area (Å²) >= 11 is 5.59. The molecule has 3 rings (SSSR count). The molecule has 0 bridgehead atoms. The molecule has 0 aliphatic heterocycles. The number of methoxy groups -OCH3 is 1. The first-order valence-corrected chi connectivity index (χ1v) is 9.31. The van der Waals surface area contributed by atoms with E-state index in [0.717, 1.165) is 11.4 Å². The molecule has 1 unspecified atom stereocenters. The molecule has 0 aromatic heterocycles. The maximum atomic E-state index is 5.59. The van der Waals surface area contributed by atoms with Gasteiger partial charge in [0.1, 0.15) is 5.75 Å². The van der Waals surface area contributed by atoms with Crippen LogP contribution in [-0.2, 0) is 0 Å². The number of benzene rings is 3. The standard InChI is InChI=1S/C23H24N2OS/c1-16-9-14-21(17(2)15-16)22(18-7-5-4-6-8-18)25-23(27)24-19-10-12-20(26-3)13-11-19/h4-15,22H,1-3H3,(H2,24,25,27). The molecular formula is C23H24N2OS. The van der Waals surface area contributed by atoms with Crippen LogP contribution in [0.25, 0.3) is 0 Å². The molecule has 0 heterocycles. The maximum absolute atomic E-state index is 5.59. The summed E-state index contributed by atoms with van der Waals surface area (Å²) in [5, 5.41) is 7.31. The molecule has 3 aromatic carbocycles. The van der Waals surface area contributed by atoms with Crippen molar-refractivity contribution in [3.8, 4) is 5.75 Å². The third-order valence-electron chi connectivity index (χ3n) is 4.49. The molecule has 0 radical (unpaired) electrons. The van der Waals surface area contributed by atoms with Crippen LogP contribution in [0.5, 0.6) is 5.75 Å². The number of anilines is 1. The van der Waals surface area contributed by atoms with Crippen molar-refractivity contribution in [1.29, 1.82) is 0 Å². The largest absolute Gasteiger partial charge is 0.497 e. The van der Waals surface area contributed by atoms with E-state index in [4.69, 9.17) is 17.0 Å². The molecule has 3 nitrogen and oxygen atoms in total. The fourth-order valence-electron chi connectivity index (χ4n) is 3.11. The number of aryl methyl sites for hydroxylation is 2. The highest BCUT2D eigenvalue weighted by Crippen LogP contribution is 2.26. The number of hydrogen-bond donors (Lipinski definition) is 2. The van der Waals surface area contributed by atoms with E-state index in [-0.39, 0.29) is 6.04 Å². The second-order valence-electron chi connectivity index (χ2n) is 6.53. The van der Waals surface area contributed by atoms with Crippen molar-refractivity contribution in [2.24, 2.45) is 0 Å². The first kappa shape index (κ1) is 18.9. The molecule has 0 fully saturated rings. The summed E-state index contributed by atoms with van der Waals surface area (Å²) in [4.78, 5) is 0. The third kappa shape index (κ3) is 4.86. The predicted octanol–water partition coefficient (Wildman–Crippen LogP) is 5.39. The van der Waals surface area contributed by atoms with Crippen LogP contribution in [0.2, 0.25) is 0 Å². The van der Waals surface area contributed by atoms with Gasteiger partial charge in [-0.2, -0.15) is 0 Å². The van der Waals surface area contributed by atoms with E-state index >= 15 is 0 Å². The molecule has 0 spiro atoms. The Hall–Kier alpha value is -2.85. The number of ether oxygens (including phenoxy) is 1. The minimum atomic E-state index is -0.0231. The zero-order valence-corrected chi connectivity index (χ0v) is 16.6. The Morgan fingerprint density at radius 1 is 0.926 bits per heavy atom. The summed E-state index contributed by atoms with van der Waals surface area (Å²) < 4.78 is 5.20. The molecule has 138 valence electrons. The molecule has 0 saturated heterocycles. The first-order valence-electron chi connectivity index (χ1n) is 8.90. The fraction of sp³-hybridized carbons (Fsp3) is 0.174. The highest BCUT2D eigenvalue weighted by atomic mass is 32.1. The fourth-order valence-corrected chi connectivity index (χ4v) is 3.34. The molecule has 4 heteroatoms. The van der Waals surface area contributed by atoms with Crippen LogP contribution in [0.4, 0.5) is 5.69 Å². The van der Waals surface area contributed by atoms with Gasteiger partial charge in [-0.05, 0) is 67.0 Å². The lowest BCUT2D eigenvalue weighted by molar-refractivity contribution is 0.415. The van der Waals surface area contributed by atoms with Gasteiger partial charge in [0.05, 0.1) is 13.2 Å². The minimum Gasteiger partial charge on any atom is -0.497 e. The summed E-state index contributed by atoms with van der Waals surface area (Å²) in [5.74, 6) is 0.817. The van der Waals surface area contributed by atoms with Gasteiger partial charge in [-0.15, -0.1) is 0 Å². The number of rotatable bonds is 5. The van der Waals surface area contributed by atoms with Crippen molar-refractivity contribution >= 4 is 23.0 Å². The zero-order valence-electron chi connectivity index (χ0n) is 15.8. The van der Waals surface area contributed by atoms with Crippen molar-refractivity contribution in [2.45, 2.75) is 19.9 Å². The zero-order chi connectivity index (χ0) is 19.2. The topological polar surface area (TPSA) is 33.3 Å². The van der Waals surface area contributed by atoms with E-state index in [2.05, 4.69) is 54.8 Å². The molecule has 0 aliphatic rings. The van der Waals surface area contributed by atoms with Crippen molar-refractivity contribution in [2.75, 3.05) is 12.4 Å². The van der Waals surface area contributed by atoms with Gasteiger partial charge in [0.25, 0.3) is 0 Å². The van der Waals surface area contributed by atoms with E-state index < -0.39 is 0 Å². The smallest absolute Gasteiger partial charge is 0.171 e. The van der Waals surface area contributed by atoms with Gasteiger partial charge >= 0.3 is 0 Å². The molecular weight excluding hydrogens is 352 g/mol. The van der Waals surface area contributed by atoms with E-state index in [1.807, 2.05) is 42.5 Å². The summed E-state index contributed by atoms with van der Waals surface area (Å²) in [6, 6.07) is 24.6. The number of hydrogen-bond acceptors (Lipinski definition) is 2. The summed E-state index contributed by atoms with van der Waals surface area (Å²) in [6.45, 7) is 4.25. The van der Waals surface area contributed by atoms with Crippen LogP contribution in [0.15, 0.2) is 72.8 Å². The average molecular weight is 377 g/mol. The molecule has 0 saturated carbocycles. The van der Waals surface area contributed by atoms with Crippen molar-refractivity contribution in [3.05, 3.63) is 95.1 Å². The van der Waals surface area contributed by atoms with Gasteiger partial charge in [-0.3, -0.25) is 0 Å². The van der Waals surface area contributed by atoms with Crippen LogP contribution in [-0.4, -0.2) is 12.2 Å². The lowest BCUT2D eigenvalue weighted by Crippen LogP contribution is -2.33. The highest BCUT2D eigenvalue weighted by Gasteiger charge is 2.17. The van der Waals surface area contributed by atoms with Crippen LogP contribution in [0.3, 0.4) is 0 Å². The Morgan fingerprint density at radius 3 is 2.26 bits per heavy atom. The SMILES string of the molecule is COc1ccc(NC(=S)NC(c2ccccc2)c2ccc(C)cc2C)cc1. The van der Waals surface area contributed by atoms with Crippen LogP contribution < -0.4 is 15.4 Å². The first-order chi connectivity index (χ1) is 13.1. The Kier molecular flexibility index (Phi) is 6.09. The molecule has 2 N–H and O–H groups in total. The van der Waals surface area contributed by atoms with E-state index in [1.165, 1.54) is 22.3 Å². The normalized spacial score (nSPS) is 11.5.